The topological polar surface area (TPSA) is 57.0 Å². The van der Waals surface area contributed by atoms with E-state index >= 15 is 0 Å². The van der Waals surface area contributed by atoms with E-state index in [0.717, 1.165) is 16.5 Å². The van der Waals surface area contributed by atoms with Crippen LogP contribution in [0.25, 0.3) is 0 Å². The summed E-state index contributed by atoms with van der Waals surface area (Å²) in [6.45, 7) is 4.59. The van der Waals surface area contributed by atoms with Gasteiger partial charge in [0, 0.05) is 18.2 Å². The predicted molar refractivity (Wildman–Crippen MR) is 103 cm³/mol. The van der Waals surface area contributed by atoms with Crippen LogP contribution in [0.5, 0.6) is 0 Å². The predicted octanol–water partition coefficient (Wildman–Crippen LogP) is 4.59. The van der Waals surface area contributed by atoms with Crippen LogP contribution in [0, 0.1) is 0 Å². The zero-order valence-corrected chi connectivity index (χ0v) is 16.0. The fourth-order valence-electron chi connectivity index (χ4n) is 3.47. The number of allylic oxidation sites excluding steroid dienone is 1. The molecule has 138 valence electrons. The Bertz CT molecular complexity index is 766. The molecule has 1 aromatic heterocycles. The molecule has 1 aliphatic rings. The molecule has 0 amide bonds. The largest absolute Gasteiger partial charge is 0.465 e. The number of hydrogen-bond donors (Lipinski definition) is 0. The van der Waals surface area contributed by atoms with Crippen molar-refractivity contribution in [3.63, 3.8) is 0 Å². The molecule has 3 rings (SSSR count). The highest BCUT2D eigenvalue weighted by Crippen LogP contribution is 2.34. The molecule has 1 heterocycles. The van der Waals surface area contributed by atoms with E-state index in [2.05, 4.69) is 21.3 Å². The van der Waals surface area contributed by atoms with Crippen LogP contribution in [0.15, 0.2) is 42.1 Å². The summed E-state index contributed by atoms with van der Waals surface area (Å²) in [5, 5.41) is 9.81. The van der Waals surface area contributed by atoms with E-state index in [9.17, 15) is 4.79 Å². The van der Waals surface area contributed by atoms with Crippen LogP contribution in [0.4, 0.5) is 0 Å². The monoisotopic (exact) mass is 371 g/mol. The number of rotatable bonds is 7. The van der Waals surface area contributed by atoms with Gasteiger partial charge in [0.05, 0.1) is 12.7 Å². The highest BCUT2D eigenvalue weighted by molar-refractivity contribution is 7.98. The van der Waals surface area contributed by atoms with Gasteiger partial charge in [0.15, 0.2) is 5.16 Å². The third-order valence-corrected chi connectivity index (χ3v) is 5.82. The standard InChI is InChI=1S/C20H25N3O2S/c1-3-13-23-18(15-9-5-4-6-10-15)21-22-20(23)26-14-16-11-7-8-12-17(16)19(24)25-2/h3,7-8,11-12,15H,1,4-6,9-10,13-14H2,2H3. The van der Waals surface area contributed by atoms with E-state index in [0.29, 0.717) is 23.8 Å². The Kier molecular flexibility index (Phi) is 6.50. The molecule has 1 saturated carbocycles. The second-order valence-corrected chi connectivity index (χ2v) is 7.45. The molecule has 6 heteroatoms. The minimum Gasteiger partial charge on any atom is -0.465 e. The van der Waals surface area contributed by atoms with Gasteiger partial charge in [-0.2, -0.15) is 0 Å². The number of carbonyl (C=O) groups is 1. The molecular formula is C20H25N3O2S. The van der Waals surface area contributed by atoms with Crippen molar-refractivity contribution in [2.45, 2.75) is 55.5 Å². The van der Waals surface area contributed by atoms with Crippen LogP contribution >= 0.6 is 11.8 Å². The molecule has 0 N–H and O–H groups in total. The van der Waals surface area contributed by atoms with E-state index in [1.165, 1.54) is 39.2 Å². The molecule has 0 saturated heterocycles. The summed E-state index contributed by atoms with van der Waals surface area (Å²) in [5.41, 5.74) is 1.54. The van der Waals surface area contributed by atoms with Gasteiger partial charge in [0.1, 0.15) is 5.82 Å². The lowest BCUT2D eigenvalue weighted by Crippen LogP contribution is -2.12. The Hall–Kier alpha value is -2.08. The van der Waals surface area contributed by atoms with Gasteiger partial charge in [-0.15, -0.1) is 16.8 Å². The van der Waals surface area contributed by atoms with Crippen molar-refractivity contribution < 1.29 is 9.53 Å². The van der Waals surface area contributed by atoms with Crippen LogP contribution in [-0.4, -0.2) is 27.8 Å². The first kappa shape index (κ1) is 18.7. The first-order chi connectivity index (χ1) is 12.7. The van der Waals surface area contributed by atoms with Crippen molar-refractivity contribution in [3.8, 4) is 0 Å². The number of ether oxygens (including phenoxy) is 1. The average molecular weight is 372 g/mol. The van der Waals surface area contributed by atoms with E-state index < -0.39 is 0 Å². The summed E-state index contributed by atoms with van der Waals surface area (Å²) >= 11 is 1.60. The maximum absolute atomic E-state index is 11.9. The summed E-state index contributed by atoms with van der Waals surface area (Å²) in [7, 11) is 1.41. The van der Waals surface area contributed by atoms with E-state index in [1.54, 1.807) is 17.8 Å². The lowest BCUT2D eigenvalue weighted by Gasteiger charge is -2.21. The molecule has 1 aromatic carbocycles. The molecular weight excluding hydrogens is 346 g/mol. The Morgan fingerprint density at radius 1 is 1.31 bits per heavy atom. The molecule has 2 aromatic rings. The SMILES string of the molecule is C=CCn1c(SCc2ccccc2C(=O)OC)nnc1C1CCCCC1. The molecule has 0 bridgehead atoms. The number of hydrogen-bond acceptors (Lipinski definition) is 5. The summed E-state index contributed by atoms with van der Waals surface area (Å²) in [6.07, 6.45) is 8.11. The van der Waals surface area contributed by atoms with E-state index in [4.69, 9.17) is 4.74 Å². The normalized spacial score (nSPS) is 15.0. The van der Waals surface area contributed by atoms with Gasteiger partial charge in [0.2, 0.25) is 0 Å². The highest BCUT2D eigenvalue weighted by atomic mass is 32.2. The quantitative estimate of drug-likeness (QED) is 0.405. The number of nitrogens with zero attached hydrogens (tertiary/aromatic N) is 3. The molecule has 0 spiro atoms. The van der Waals surface area contributed by atoms with Gasteiger partial charge in [-0.05, 0) is 24.5 Å². The zero-order chi connectivity index (χ0) is 18.4. The first-order valence-corrected chi connectivity index (χ1v) is 10.1. The van der Waals surface area contributed by atoms with Gasteiger partial charge in [-0.3, -0.25) is 0 Å². The molecule has 0 unspecified atom stereocenters. The summed E-state index contributed by atoms with van der Waals surface area (Å²) < 4.78 is 7.06. The summed E-state index contributed by atoms with van der Waals surface area (Å²) in [5.74, 6) is 1.91. The maximum atomic E-state index is 11.9. The number of methoxy groups -OCH3 is 1. The first-order valence-electron chi connectivity index (χ1n) is 9.07. The third-order valence-electron chi connectivity index (χ3n) is 4.81. The van der Waals surface area contributed by atoms with E-state index in [1.807, 2.05) is 24.3 Å². The summed E-state index contributed by atoms with van der Waals surface area (Å²) in [6, 6.07) is 7.53. The van der Waals surface area contributed by atoms with Crippen LogP contribution < -0.4 is 0 Å². The summed E-state index contributed by atoms with van der Waals surface area (Å²) in [4.78, 5) is 11.9. The molecule has 0 atom stereocenters. The molecule has 5 nitrogen and oxygen atoms in total. The fourth-order valence-corrected chi connectivity index (χ4v) is 4.43. The van der Waals surface area contributed by atoms with Gasteiger partial charge in [-0.1, -0.05) is 55.3 Å². The lowest BCUT2D eigenvalue weighted by molar-refractivity contribution is 0.0600. The number of esters is 1. The van der Waals surface area contributed by atoms with Crippen molar-refractivity contribution in [2.75, 3.05) is 7.11 Å². The fraction of sp³-hybridized carbons (Fsp3) is 0.450. The smallest absolute Gasteiger partial charge is 0.338 e. The Balaban J connectivity index is 1.79. The van der Waals surface area contributed by atoms with Crippen molar-refractivity contribution in [1.82, 2.24) is 14.8 Å². The zero-order valence-electron chi connectivity index (χ0n) is 15.2. The van der Waals surface area contributed by atoms with Gasteiger partial charge < -0.3 is 9.30 Å². The van der Waals surface area contributed by atoms with Crippen LogP contribution in [-0.2, 0) is 17.0 Å². The molecule has 26 heavy (non-hydrogen) atoms. The average Bonchev–Trinajstić information content (AvgIpc) is 3.09. The Morgan fingerprint density at radius 3 is 2.81 bits per heavy atom. The van der Waals surface area contributed by atoms with Crippen molar-refractivity contribution in [1.29, 1.82) is 0 Å². The number of carbonyl (C=O) groups excluding carboxylic acids is 1. The van der Waals surface area contributed by atoms with Gasteiger partial charge in [0.25, 0.3) is 0 Å². The Morgan fingerprint density at radius 2 is 2.08 bits per heavy atom. The van der Waals surface area contributed by atoms with Crippen molar-refractivity contribution in [2.24, 2.45) is 0 Å². The van der Waals surface area contributed by atoms with Crippen LogP contribution in [0.2, 0.25) is 0 Å². The lowest BCUT2D eigenvalue weighted by atomic mass is 9.89. The molecule has 1 fully saturated rings. The Labute approximate surface area is 158 Å². The molecule has 0 aliphatic heterocycles. The van der Waals surface area contributed by atoms with Crippen LogP contribution in [0.3, 0.4) is 0 Å². The minimum atomic E-state index is -0.309. The number of benzene rings is 1. The number of thioether (sulfide) groups is 1. The molecule has 0 radical (unpaired) electrons. The van der Waals surface area contributed by atoms with E-state index in [-0.39, 0.29) is 5.97 Å². The van der Waals surface area contributed by atoms with Gasteiger partial charge in [-0.25, -0.2) is 4.79 Å². The maximum Gasteiger partial charge on any atom is 0.338 e. The van der Waals surface area contributed by atoms with Gasteiger partial charge >= 0.3 is 5.97 Å². The van der Waals surface area contributed by atoms with Crippen LogP contribution in [0.1, 0.15) is 59.8 Å². The second-order valence-electron chi connectivity index (χ2n) is 6.51. The highest BCUT2D eigenvalue weighted by Gasteiger charge is 2.23. The van der Waals surface area contributed by atoms with Crippen molar-refractivity contribution in [3.05, 3.63) is 53.9 Å². The minimum absolute atomic E-state index is 0.309. The molecule has 1 aliphatic carbocycles. The number of aromatic nitrogens is 3. The van der Waals surface area contributed by atoms with Crippen molar-refractivity contribution >= 4 is 17.7 Å². The third kappa shape index (κ3) is 4.18. The second kappa shape index (κ2) is 9.03.